The number of aromatic nitrogens is 2. The second-order valence-corrected chi connectivity index (χ2v) is 5.76. The highest BCUT2D eigenvalue weighted by molar-refractivity contribution is 6.26. The molecule has 0 unspecified atom stereocenters. The summed E-state index contributed by atoms with van der Waals surface area (Å²) < 4.78 is 1.54. The first-order chi connectivity index (χ1) is 12.3. The first-order valence-corrected chi connectivity index (χ1v) is 8.38. The van der Waals surface area contributed by atoms with Gasteiger partial charge in [0, 0.05) is 33.5 Å². The Morgan fingerprint density at radius 2 is 1.88 bits per heavy atom. The van der Waals surface area contributed by atoms with Crippen LogP contribution in [0.25, 0.3) is 11.3 Å². The lowest BCUT2D eigenvalue weighted by molar-refractivity contribution is -0.110. The number of aryl methyl sites for hydroxylation is 2. The van der Waals surface area contributed by atoms with Crippen molar-refractivity contribution in [2.75, 3.05) is 7.05 Å². The smallest absolute Gasteiger partial charge is 0.183 e. The lowest BCUT2D eigenvalue weighted by Gasteiger charge is -2.04. The monoisotopic (exact) mass is 358 g/mol. The van der Waals surface area contributed by atoms with E-state index in [0.717, 1.165) is 18.4 Å². The van der Waals surface area contributed by atoms with Gasteiger partial charge in [0.25, 0.3) is 0 Å². The van der Waals surface area contributed by atoms with Crippen molar-refractivity contribution in [1.82, 2.24) is 15.2 Å². The van der Waals surface area contributed by atoms with Crippen molar-refractivity contribution in [2.45, 2.75) is 33.6 Å². The van der Waals surface area contributed by atoms with Crippen LogP contribution >= 0.6 is 0 Å². The third-order valence-electron chi connectivity index (χ3n) is 3.50. The SMILES string of the molecule is CCCc1ccc(-c2c(O)c(C(C)=O)nn2C)cc1.CNN=CC(C)=O. The number of Topliss-reactive ketones (excluding diaryl/α,β-unsaturated/α-hetero) is 2. The predicted octanol–water partition coefficient (Wildman–Crippen LogP) is 2.73. The number of carbonyl (C=O) groups is 2. The van der Waals surface area contributed by atoms with Gasteiger partial charge in [0.1, 0.15) is 5.69 Å². The van der Waals surface area contributed by atoms with Crippen LogP contribution in [0.15, 0.2) is 29.4 Å². The molecule has 0 amide bonds. The molecule has 0 fully saturated rings. The van der Waals surface area contributed by atoms with Crippen LogP contribution in [0, 0.1) is 0 Å². The summed E-state index contributed by atoms with van der Waals surface area (Å²) in [5, 5.41) is 17.6. The van der Waals surface area contributed by atoms with Gasteiger partial charge in [0.15, 0.2) is 23.0 Å². The molecule has 0 atom stereocenters. The van der Waals surface area contributed by atoms with Crippen molar-refractivity contribution in [1.29, 1.82) is 0 Å². The molecule has 0 aliphatic rings. The number of carbonyl (C=O) groups excluding carboxylic acids is 2. The quantitative estimate of drug-likeness (QED) is 0.470. The van der Waals surface area contributed by atoms with E-state index >= 15 is 0 Å². The van der Waals surface area contributed by atoms with Gasteiger partial charge in [-0.1, -0.05) is 37.6 Å². The number of nitrogens with zero attached hydrogens (tertiary/aromatic N) is 3. The highest BCUT2D eigenvalue weighted by Crippen LogP contribution is 2.32. The molecule has 0 aliphatic heterocycles. The average Bonchev–Trinajstić information content (AvgIpc) is 2.89. The van der Waals surface area contributed by atoms with E-state index in [1.807, 2.05) is 24.3 Å². The highest BCUT2D eigenvalue weighted by atomic mass is 16.3. The second-order valence-electron chi connectivity index (χ2n) is 5.76. The normalized spacial score (nSPS) is 10.3. The van der Waals surface area contributed by atoms with E-state index in [9.17, 15) is 14.7 Å². The number of hydrogen-bond donors (Lipinski definition) is 2. The molecule has 7 heteroatoms. The van der Waals surface area contributed by atoms with E-state index < -0.39 is 0 Å². The fourth-order valence-electron chi connectivity index (χ4n) is 2.35. The number of hydrogen-bond acceptors (Lipinski definition) is 6. The Morgan fingerprint density at radius 3 is 2.27 bits per heavy atom. The molecule has 7 nitrogen and oxygen atoms in total. The Labute approximate surface area is 153 Å². The van der Waals surface area contributed by atoms with Gasteiger partial charge in [-0.15, -0.1) is 0 Å². The van der Waals surface area contributed by atoms with Crippen molar-refractivity contribution < 1.29 is 14.7 Å². The van der Waals surface area contributed by atoms with Crippen LogP contribution in [0.4, 0.5) is 0 Å². The minimum atomic E-state index is -0.234. The molecule has 0 radical (unpaired) electrons. The van der Waals surface area contributed by atoms with Gasteiger partial charge < -0.3 is 10.5 Å². The lowest BCUT2D eigenvalue weighted by Crippen LogP contribution is -1.98. The molecule has 26 heavy (non-hydrogen) atoms. The number of ketones is 2. The topological polar surface area (TPSA) is 96.6 Å². The maximum Gasteiger partial charge on any atom is 0.183 e. The highest BCUT2D eigenvalue weighted by Gasteiger charge is 2.19. The average molecular weight is 358 g/mol. The van der Waals surface area contributed by atoms with Gasteiger partial charge in [0.2, 0.25) is 0 Å². The van der Waals surface area contributed by atoms with Crippen molar-refractivity contribution in [3.05, 3.63) is 35.5 Å². The molecule has 0 saturated carbocycles. The second kappa shape index (κ2) is 10.1. The zero-order valence-electron chi connectivity index (χ0n) is 15.9. The minimum Gasteiger partial charge on any atom is -0.504 e. The summed E-state index contributed by atoms with van der Waals surface area (Å²) in [6, 6.07) is 7.98. The number of nitrogens with one attached hydrogen (secondary N) is 1. The molecule has 0 saturated heterocycles. The zero-order valence-corrected chi connectivity index (χ0v) is 15.9. The van der Waals surface area contributed by atoms with Crippen LogP contribution in [0.3, 0.4) is 0 Å². The molecule has 1 heterocycles. The van der Waals surface area contributed by atoms with Crippen molar-refractivity contribution in [2.24, 2.45) is 12.1 Å². The van der Waals surface area contributed by atoms with Crippen LogP contribution in [0.2, 0.25) is 0 Å². The third kappa shape index (κ3) is 5.84. The molecular formula is C19H26N4O3. The van der Waals surface area contributed by atoms with Crippen molar-refractivity contribution >= 4 is 17.8 Å². The largest absolute Gasteiger partial charge is 0.504 e. The van der Waals surface area contributed by atoms with Crippen LogP contribution in [0.5, 0.6) is 5.75 Å². The first-order valence-electron chi connectivity index (χ1n) is 8.38. The molecular weight excluding hydrogens is 332 g/mol. The molecule has 1 aromatic heterocycles. The van der Waals surface area contributed by atoms with Gasteiger partial charge >= 0.3 is 0 Å². The molecule has 1 aromatic carbocycles. The Hall–Kier alpha value is -2.96. The maximum atomic E-state index is 11.4. The number of hydrazone groups is 1. The van der Waals surface area contributed by atoms with E-state index in [4.69, 9.17) is 0 Å². The third-order valence-corrected chi connectivity index (χ3v) is 3.50. The maximum absolute atomic E-state index is 11.4. The van der Waals surface area contributed by atoms with E-state index in [1.165, 1.54) is 25.6 Å². The standard InChI is InChI=1S/C15H18N2O2.C4H8N2O/c1-4-5-11-6-8-12(9-7-11)14-15(19)13(10(2)18)16-17(14)3;1-4(7)3-6-5-2/h6-9,19H,4-5H2,1-3H3;3,5H,1-2H3. The lowest BCUT2D eigenvalue weighted by atomic mass is 10.0. The molecule has 2 rings (SSSR count). The number of rotatable bonds is 6. The fourth-order valence-corrected chi connectivity index (χ4v) is 2.35. The van der Waals surface area contributed by atoms with Crippen molar-refractivity contribution in [3.63, 3.8) is 0 Å². The van der Waals surface area contributed by atoms with Gasteiger partial charge in [-0.2, -0.15) is 10.2 Å². The van der Waals surface area contributed by atoms with E-state index in [1.54, 1.807) is 18.8 Å². The minimum absolute atomic E-state index is 0.0433. The molecule has 0 bridgehead atoms. The Bertz CT molecular complexity index is 777. The summed E-state index contributed by atoms with van der Waals surface area (Å²) in [5.74, 6) is -0.324. The van der Waals surface area contributed by atoms with Crippen LogP contribution in [-0.2, 0) is 18.3 Å². The summed E-state index contributed by atoms with van der Waals surface area (Å²) >= 11 is 0. The first kappa shape index (κ1) is 21.1. The van der Waals surface area contributed by atoms with Gasteiger partial charge in [-0.25, -0.2) is 0 Å². The molecule has 0 aliphatic carbocycles. The van der Waals surface area contributed by atoms with E-state index in [2.05, 4.69) is 22.5 Å². The molecule has 140 valence electrons. The van der Waals surface area contributed by atoms with Gasteiger partial charge in [-0.05, 0) is 12.0 Å². The summed E-state index contributed by atoms with van der Waals surface area (Å²) in [4.78, 5) is 21.4. The Balaban J connectivity index is 0.000000412. The number of benzene rings is 1. The zero-order chi connectivity index (χ0) is 19.7. The molecule has 2 aromatic rings. The van der Waals surface area contributed by atoms with Crippen LogP contribution in [0.1, 0.15) is 43.2 Å². The molecule has 2 N–H and O–H groups in total. The Kier molecular flexibility index (Phi) is 8.21. The summed E-state index contributed by atoms with van der Waals surface area (Å²) in [6.45, 7) is 4.98. The van der Waals surface area contributed by atoms with E-state index in [-0.39, 0.29) is 23.0 Å². The van der Waals surface area contributed by atoms with Crippen LogP contribution < -0.4 is 5.43 Å². The van der Waals surface area contributed by atoms with Crippen molar-refractivity contribution in [3.8, 4) is 17.0 Å². The number of aromatic hydroxyl groups is 1. The van der Waals surface area contributed by atoms with Gasteiger partial charge in [0.05, 0.1) is 6.21 Å². The molecule has 0 spiro atoms. The van der Waals surface area contributed by atoms with E-state index in [0.29, 0.717) is 5.69 Å². The van der Waals surface area contributed by atoms with Gasteiger partial charge in [-0.3, -0.25) is 14.3 Å². The summed E-state index contributed by atoms with van der Waals surface area (Å²) in [7, 11) is 3.36. The Morgan fingerprint density at radius 1 is 1.27 bits per heavy atom. The summed E-state index contributed by atoms with van der Waals surface area (Å²) in [5.41, 5.74) is 5.27. The van der Waals surface area contributed by atoms with Crippen LogP contribution in [-0.4, -0.2) is 39.7 Å². The summed E-state index contributed by atoms with van der Waals surface area (Å²) in [6.07, 6.45) is 3.36. The fraction of sp³-hybridized carbons (Fsp3) is 0.368. The predicted molar refractivity (Wildman–Crippen MR) is 103 cm³/mol.